The van der Waals surface area contributed by atoms with E-state index < -0.39 is 0 Å². The summed E-state index contributed by atoms with van der Waals surface area (Å²) in [6.07, 6.45) is 3.50. The Bertz CT molecular complexity index is 1460. The highest BCUT2D eigenvalue weighted by atomic mass is 32.2. The number of pyridine rings is 1. The first-order chi connectivity index (χ1) is 16.2. The molecule has 0 amide bonds. The van der Waals surface area contributed by atoms with Gasteiger partial charge in [-0.3, -0.25) is 14.3 Å². The highest BCUT2D eigenvalue weighted by molar-refractivity contribution is 7.98. The minimum Gasteiger partial charge on any atom is -0.496 e. The molecule has 6 nitrogen and oxygen atoms in total. The van der Waals surface area contributed by atoms with Crippen LogP contribution in [0, 0.1) is 0 Å². The second-order valence-corrected chi connectivity index (χ2v) is 9.10. The van der Waals surface area contributed by atoms with Crippen LogP contribution < -0.4 is 10.3 Å². The Labute approximate surface area is 199 Å². The van der Waals surface area contributed by atoms with Crippen molar-refractivity contribution in [2.75, 3.05) is 7.11 Å². The summed E-state index contributed by atoms with van der Waals surface area (Å²) in [5.74, 6) is 1.40. The summed E-state index contributed by atoms with van der Waals surface area (Å²) in [4.78, 5) is 27.1. The highest BCUT2D eigenvalue weighted by Gasteiger charge is 2.14. The molecule has 0 spiro atoms. The molecule has 5 rings (SSSR count). The molecule has 5 aromatic rings. The molecule has 0 saturated heterocycles. The van der Waals surface area contributed by atoms with Gasteiger partial charge in [-0.2, -0.15) is 0 Å². The molecule has 0 N–H and O–H groups in total. The molecule has 0 saturated carbocycles. The van der Waals surface area contributed by atoms with Crippen LogP contribution >= 0.6 is 23.1 Å². The van der Waals surface area contributed by atoms with Crippen LogP contribution in [0.5, 0.6) is 5.75 Å². The van der Waals surface area contributed by atoms with E-state index in [0.717, 1.165) is 27.6 Å². The van der Waals surface area contributed by atoms with Crippen molar-refractivity contribution in [3.05, 3.63) is 100 Å². The third-order valence-electron chi connectivity index (χ3n) is 5.13. The molecule has 0 aliphatic rings. The van der Waals surface area contributed by atoms with Gasteiger partial charge in [0.15, 0.2) is 5.16 Å². The second-order valence-electron chi connectivity index (χ2n) is 7.30. The van der Waals surface area contributed by atoms with Gasteiger partial charge in [0, 0.05) is 23.5 Å². The number of methoxy groups -OCH3 is 1. The van der Waals surface area contributed by atoms with Gasteiger partial charge in [-0.1, -0.05) is 42.1 Å². The SMILES string of the molecule is COc1ccccc1-c1nc(CSc2nc3ccccc3c(=O)n2Cc2cccnc2)cs1. The van der Waals surface area contributed by atoms with Crippen LogP contribution in [-0.4, -0.2) is 26.6 Å². The summed E-state index contributed by atoms with van der Waals surface area (Å²) in [5.41, 5.74) is 3.49. The Kier molecular flexibility index (Phi) is 6.19. The van der Waals surface area contributed by atoms with E-state index in [1.54, 1.807) is 35.4 Å². The number of ether oxygens (including phenoxy) is 1. The maximum atomic E-state index is 13.3. The van der Waals surface area contributed by atoms with Gasteiger partial charge in [-0.15, -0.1) is 11.3 Å². The summed E-state index contributed by atoms with van der Waals surface area (Å²) >= 11 is 3.09. The lowest BCUT2D eigenvalue weighted by Crippen LogP contribution is -2.24. The van der Waals surface area contributed by atoms with Crippen LogP contribution in [-0.2, 0) is 12.3 Å². The Morgan fingerprint density at radius 1 is 1.03 bits per heavy atom. The van der Waals surface area contributed by atoms with Gasteiger partial charge in [0.2, 0.25) is 0 Å². The van der Waals surface area contributed by atoms with Gasteiger partial charge < -0.3 is 4.74 Å². The maximum Gasteiger partial charge on any atom is 0.262 e. The van der Waals surface area contributed by atoms with E-state index in [2.05, 4.69) is 4.98 Å². The molecule has 0 aliphatic heterocycles. The highest BCUT2D eigenvalue weighted by Crippen LogP contribution is 2.33. The normalized spacial score (nSPS) is 11.1. The second kappa shape index (κ2) is 9.56. The summed E-state index contributed by atoms with van der Waals surface area (Å²) < 4.78 is 7.19. The first kappa shape index (κ1) is 21.4. The quantitative estimate of drug-likeness (QED) is 0.238. The first-order valence-corrected chi connectivity index (χ1v) is 12.2. The summed E-state index contributed by atoms with van der Waals surface area (Å²) in [6.45, 7) is 0.413. The van der Waals surface area contributed by atoms with E-state index in [4.69, 9.17) is 14.7 Å². The van der Waals surface area contributed by atoms with Crippen LogP contribution in [0.25, 0.3) is 21.5 Å². The molecule has 0 aliphatic carbocycles. The number of thioether (sulfide) groups is 1. The maximum absolute atomic E-state index is 13.3. The molecular weight excluding hydrogens is 452 g/mol. The van der Waals surface area contributed by atoms with Crippen molar-refractivity contribution >= 4 is 34.0 Å². The predicted octanol–water partition coefficient (Wildman–Crippen LogP) is 5.26. The molecule has 0 bridgehead atoms. The van der Waals surface area contributed by atoms with E-state index >= 15 is 0 Å². The van der Waals surface area contributed by atoms with Crippen molar-refractivity contribution < 1.29 is 4.74 Å². The number of para-hydroxylation sites is 2. The molecule has 0 fully saturated rings. The lowest BCUT2D eigenvalue weighted by Gasteiger charge is -2.12. The largest absolute Gasteiger partial charge is 0.496 e. The van der Waals surface area contributed by atoms with Gasteiger partial charge >= 0.3 is 0 Å². The topological polar surface area (TPSA) is 69.9 Å². The zero-order valence-corrected chi connectivity index (χ0v) is 19.5. The number of benzene rings is 2. The Balaban J connectivity index is 1.46. The monoisotopic (exact) mass is 472 g/mol. The van der Waals surface area contributed by atoms with Crippen molar-refractivity contribution in [2.24, 2.45) is 0 Å². The van der Waals surface area contributed by atoms with E-state index in [1.165, 1.54) is 11.8 Å². The summed E-state index contributed by atoms with van der Waals surface area (Å²) in [6, 6.07) is 19.1. The Morgan fingerprint density at radius 2 is 1.88 bits per heavy atom. The fourth-order valence-electron chi connectivity index (χ4n) is 3.53. The number of rotatable bonds is 7. The lowest BCUT2D eigenvalue weighted by atomic mass is 10.2. The van der Waals surface area contributed by atoms with Gasteiger partial charge in [-0.25, -0.2) is 9.97 Å². The molecule has 0 radical (unpaired) electrons. The standard InChI is InChI=1S/C25H20N4O2S2/c1-31-22-11-5-3-9-20(22)23-27-18(15-32-23)16-33-25-28-21-10-4-2-8-19(21)24(30)29(25)14-17-7-6-12-26-13-17/h2-13,15H,14,16H2,1H3. The number of fused-ring (bicyclic) bond motifs is 1. The predicted molar refractivity (Wildman–Crippen MR) is 133 cm³/mol. The minimum atomic E-state index is -0.0556. The zero-order chi connectivity index (χ0) is 22.6. The zero-order valence-electron chi connectivity index (χ0n) is 17.8. The lowest BCUT2D eigenvalue weighted by molar-refractivity contribution is 0.416. The average Bonchev–Trinajstić information content (AvgIpc) is 3.34. The average molecular weight is 473 g/mol. The molecule has 8 heteroatoms. The van der Waals surface area contributed by atoms with Crippen molar-refractivity contribution in [3.8, 4) is 16.3 Å². The van der Waals surface area contributed by atoms with E-state index in [9.17, 15) is 4.79 Å². The Hall–Kier alpha value is -3.49. The van der Waals surface area contributed by atoms with Crippen molar-refractivity contribution in [3.63, 3.8) is 0 Å². The van der Waals surface area contributed by atoms with Crippen LogP contribution in [0.1, 0.15) is 11.3 Å². The van der Waals surface area contributed by atoms with E-state index in [1.807, 2.05) is 66.0 Å². The number of aromatic nitrogens is 4. The first-order valence-electron chi connectivity index (χ1n) is 10.3. The molecule has 33 heavy (non-hydrogen) atoms. The molecule has 2 aromatic carbocycles. The number of hydrogen-bond acceptors (Lipinski definition) is 7. The summed E-state index contributed by atoms with van der Waals surface area (Å²) in [5, 5.41) is 4.22. The molecular formula is C25H20N4O2S2. The van der Waals surface area contributed by atoms with Gasteiger partial charge in [0.05, 0.1) is 35.8 Å². The van der Waals surface area contributed by atoms with Crippen LogP contribution in [0.4, 0.5) is 0 Å². The number of nitrogens with zero attached hydrogens (tertiary/aromatic N) is 4. The number of hydrogen-bond donors (Lipinski definition) is 0. The third kappa shape index (κ3) is 4.53. The van der Waals surface area contributed by atoms with Crippen LogP contribution in [0.15, 0.2) is 88.4 Å². The molecule has 3 aromatic heterocycles. The fourth-order valence-corrected chi connectivity index (χ4v) is 5.37. The summed E-state index contributed by atoms with van der Waals surface area (Å²) in [7, 11) is 1.66. The molecule has 0 atom stereocenters. The van der Waals surface area contributed by atoms with Crippen molar-refractivity contribution in [2.45, 2.75) is 17.5 Å². The Morgan fingerprint density at radius 3 is 2.73 bits per heavy atom. The van der Waals surface area contributed by atoms with Gasteiger partial charge in [0.1, 0.15) is 10.8 Å². The molecule has 0 unspecified atom stereocenters. The third-order valence-corrected chi connectivity index (χ3v) is 7.06. The minimum absolute atomic E-state index is 0.0556. The molecule has 164 valence electrons. The fraction of sp³-hybridized carbons (Fsp3) is 0.120. The van der Waals surface area contributed by atoms with Gasteiger partial charge in [-0.05, 0) is 35.9 Å². The molecule has 3 heterocycles. The van der Waals surface area contributed by atoms with E-state index in [-0.39, 0.29) is 5.56 Å². The van der Waals surface area contributed by atoms with Crippen molar-refractivity contribution in [1.29, 1.82) is 0 Å². The van der Waals surface area contributed by atoms with Crippen molar-refractivity contribution in [1.82, 2.24) is 19.5 Å². The van der Waals surface area contributed by atoms with Crippen LogP contribution in [0.3, 0.4) is 0 Å². The van der Waals surface area contributed by atoms with E-state index in [0.29, 0.717) is 28.4 Å². The van der Waals surface area contributed by atoms with Crippen LogP contribution in [0.2, 0.25) is 0 Å². The van der Waals surface area contributed by atoms with Gasteiger partial charge in [0.25, 0.3) is 5.56 Å². The smallest absolute Gasteiger partial charge is 0.262 e. The number of thiazole rings is 1.